The van der Waals surface area contributed by atoms with E-state index in [1.165, 1.54) is 25.7 Å². The molecule has 0 fully saturated rings. The maximum absolute atomic E-state index is 4.70. The van der Waals surface area contributed by atoms with Gasteiger partial charge in [0.15, 0.2) is 0 Å². The van der Waals surface area contributed by atoms with Gasteiger partial charge in [-0.25, -0.2) is 0 Å². The summed E-state index contributed by atoms with van der Waals surface area (Å²) in [6.45, 7) is 0. The second-order valence-corrected chi connectivity index (χ2v) is 2.99. The lowest BCUT2D eigenvalue weighted by molar-refractivity contribution is 0.673. The van der Waals surface area contributed by atoms with Gasteiger partial charge in [0.25, 0.3) is 0 Å². The molecule has 0 amide bonds. The number of hydrogen-bond acceptors (Lipinski definition) is 2. The molecular formula is C8H14S2. The Balaban J connectivity index is 2.76. The lowest BCUT2D eigenvalue weighted by Crippen LogP contribution is -1.79. The van der Waals surface area contributed by atoms with E-state index in [1.807, 2.05) is 10.7 Å². The monoisotopic (exact) mass is 174 g/mol. The van der Waals surface area contributed by atoms with Crippen LogP contribution in [0.3, 0.4) is 0 Å². The molecule has 0 rings (SSSR count). The van der Waals surface area contributed by atoms with Crippen molar-refractivity contribution in [3.63, 3.8) is 0 Å². The maximum Gasteiger partial charge on any atom is -0.0210 e. The number of hydrogen-bond donors (Lipinski definition) is 0. The summed E-state index contributed by atoms with van der Waals surface area (Å²) in [5.74, 6) is 0. The number of thiocarbonyl (C=S) groups is 2. The molecule has 0 bridgehead atoms. The molecule has 0 aromatic rings. The van der Waals surface area contributed by atoms with Crippen molar-refractivity contribution in [1.29, 1.82) is 0 Å². The summed E-state index contributed by atoms with van der Waals surface area (Å²) < 4.78 is 0. The van der Waals surface area contributed by atoms with E-state index in [4.69, 9.17) is 24.4 Å². The quantitative estimate of drug-likeness (QED) is 0.429. The van der Waals surface area contributed by atoms with Crippen LogP contribution in [0.25, 0.3) is 0 Å². The molecule has 0 aromatic heterocycles. The van der Waals surface area contributed by atoms with Gasteiger partial charge in [0.05, 0.1) is 0 Å². The van der Waals surface area contributed by atoms with Crippen molar-refractivity contribution in [3.05, 3.63) is 0 Å². The van der Waals surface area contributed by atoms with Crippen LogP contribution in [0.15, 0.2) is 0 Å². The van der Waals surface area contributed by atoms with Gasteiger partial charge in [-0.2, -0.15) is 0 Å². The van der Waals surface area contributed by atoms with Crippen molar-refractivity contribution in [2.45, 2.75) is 38.5 Å². The summed E-state index contributed by atoms with van der Waals surface area (Å²) >= 11 is 9.41. The summed E-state index contributed by atoms with van der Waals surface area (Å²) in [5.41, 5.74) is 0. The average molecular weight is 174 g/mol. The normalized spacial score (nSPS) is 9.20. The summed E-state index contributed by atoms with van der Waals surface area (Å²) in [4.78, 5) is 0. The van der Waals surface area contributed by atoms with E-state index in [-0.39, 0.29) is 0 Å². The van der Waals surface area contributed by atoms with Crippen LogP contribution < -0.4 is 0 Å². The van der Waals surface area contributed by atoms with Crippen LogP contribution in [0, 0.1) is 0 Å². The topological polar surface area (TPSA) is 0 Å². The highest BCUT2D eigenvalue weighted by atomic mass is 32.1. The Morgan fingerprint density at radius 1 is 0.700 bits per heavy atom. The van der Waals surface area contributed by atoms with Crippen molar-refractivity contribution in [1.82, 2.24) is 0 Å². The van der Waals surface area contributed by atoms with Gasteiger partial charge in [0.1, 0.15) is 0 Å². The molecule has 0 saturated heterocycles. The van der Waals surface area contributed by atoms with E-state index in [1.54, 1.807) is 0 Å². The second-order valence-electron chi connectivity index (χ2n) is 2.32. The molecule has 58 valence electrons. The third-order valence-electron chi connectivity index (χ3n) is 1.39. The van der Waals surface area contributed by atoms with Crippen LogP contribution in [-0.2, 0) is 0 Å². The minimum absolute atomic E-state index is 1.09. The molecule has 0 spiro atoms. The Bertz CT molecular complexity index is 77.3. The molecule has 10 heavy (non-hydrogen) atoms. The van der Waals surface area contributed by atoms with E-state index in [0.29, 0.717) is 0 Å². The van der Waals surface area contributed by atoms with Crippen molar-refractivity contribution < 1.29 is 0 Å². The highest BCUT2D eigenvalue weighted by Gasteiger charge is 1.86. The molecule has 0 nitrogen and oxygen atoms in total. The van der Waals surface area contributed by atoms with Crippen LogP contribution in [0.2, 0.25) is 0 Å². The van der Waals surface area contributed by atoms with Gasteiger partial charge in [-0.15, -0.1) is 0 Å². The van der Waals surface area contributed by atoms with Gasteiger partial charge >= 0.3 is 0 Å². The fraction of sp³-hybridized carbons (Fsp3) is 0.750. The molecule has 0 N–H and O–H groups in total. The van der Waals surface area contributed by atoms with Gasteiger partial charge in [0, 0.05) is 0 Å². The van der Waals surface area contributed by atoms with Crippen LogP contribution in [-0.4, -0.2) is 10.7 Å². The van der Waals surface area contributed by atoms with E-state index in [9.17, 15) is 0 Å². The average Bonchev–Trinajstić information content (AvgIpc) is 1.97. The predicted octanol–water partition coefficient (Wildman–Crippen LogP) is 3.33. The zero-order chi connectivity index (χ0) is 7.66. The smallest absolute Gasteiger partial charge is 0.0210 e. The first-order chi connectivity index (χ1) is 4.91. The maximum atomic E-state index is 4.70. The summed E-state index contributed by atoms with van der Waals surface area (Å²) in [5, 5.41) is 3.64. The van der Waals surface area contributed by atoms with Gasteiger partial charge in [-0.1, -0.05) is 37.3 Å². The predicted molar refractivity (Wildman–Crippen MR) is 55.0 cm³/mol. The molecule has 0 aliphatic heterocycles. The van der Waals surface area contributed by atoms with Crippen molar-refractivity contribution >= 4 is 35.2 Å². The number of rotatable bonds is 7. The lowest BCUT2D eigenvalue weighted by Gasteiger charge is -1.94. The summed E-state index contributed by atoms with van der Waals surface area (Å²) in [6.07, 6.45) is 7.29. The Morgan fingerprint density at radius 3 is 1.40 bits per heavy atom. The Morgan fingerprint density at radius 2 is 1.10 bits per heavy atom. The highest BCUT2D eigenvalue weighted by molar-refractivity contribution is 7.79. The molecule has 0 aromatic carbocycles. The minimum atomic E-state index is 1.09. The molecule has 2 heteroatoms. The fourth-order valence-electron chi connectivity index (χ4n) is 0.809. The van der Waals surface area contributed by atoms with Gasteiger partial charge < -0.3 is 0 Å². The Labute approximate surface area is 74.0 Å². The van der Waals surface area contributed by atoms with E-state index in [0.717, 1.165) is 12.8 Å². The molecule has 0 radical (unpaired) electrons. The standard InChI is InChI=1S/C8H14S2/c9-7-5-3-1-2-4-6-8-10/h7-8H,1-6H2. The van der Waals surface area contributed by atoms with E-state index < -0.39 is 0 Å². The number of unbranched alkanes of at least 4 members (excludes halogenated alkanes) is 5. The lowest BCUT2D eigenvalue weighted by atomic mass is 10.1. The molecule has 0 aliphatic rings. The Hall–Kier alpha value is 0.180. The molecule has 0 atom stereocenters. The van der Waals surface area contributed by atoms with Crippen LogP contribution in [0.4, 0.5) is 0 Å². The molecule has 0 unspecified atom stereocenters. The van der Waals surface area contributed by atoms with Gasteiger partial charge in [-0.3, -0.25) is 0 Å². The third kappa shape index (κ3) is 8.18. The zero-order valence-corrected chi connectivity index (χ0v) is 7.85. The second kappa shape index (κ2) is 9.18. The SMILES string of the molecule is S=CCCCCCCC=S. The summed E-state index contributed by atoms with van der Waals surface area (Å²) in [7, 11) is 0. The zero-order valence-electron chi connectivity index (χ0n) is 6.21. The molecular weight excluding hydrogens is 160 g/mol. The highest BCUT2D eigenvalue weighted by Crippen LogP contribution is 2.03. The van der Waals surface area contributed by atoms with E-state index >= 15 is 0 Å². The third-order valence-corrected chi connectivity index (χ3v) is 1.87. The van der Waals surface area contributed by atoms with E-state index in [2.05, 4.69) is 0 Å². The van der Waals surface area contributed by atoms with Gasteiger partial charge in [0.2, 0.25) is 0 Å². The minimum Gasteiger partial charge on any atom is -0.0935 e. The largest absolute Gasteiger partial charge is 0.0935 e. The first kappa shape index (κ1) is 10.2. The molecule has 0 saturated carbocycles. The van der Waals surface area contributed by atoms with Crippen LogP contribution in [0.5, 0.6) is 0 Å². The van der Waals surface area contributed by atoms with Crippen LogP contribution in [0.1, 0.15) is 38.5 Å². The molecule has 0 aliphatic carbocycles. The van der Waals surface area contributed by atoms with Crippen molar-refractivity contribution in [3.8, 4) is 0 Å². The van der Waals surface area contributed by atoms with Crippen molar-refractivity contribution in [2.75, 3.05) is 0 Å². The van der Waals surface area contributed by atoms with Crippen LogP contribution >= 0.6 is 24.4 Å². The molecule has 0 heterocycles. The first-order valence-electron chi connectivity index (χ1n) is 3.79. The Kier molecular flexibility index (Phi) is 9.35. The van der Waals surface area contributed by atoms with Gasteiger partial charge in [-0.05, 0) is 36.4 Å². The first-order valence-corrected chi connectivity index (χ1v) is 4.73. The fourth-order valence-corrected chi connectivity index (χ4v) is 1.14. The summed E-state index contributed by atoms with van der Waals surface area (Å²) in [6, 6.07) is 0. The van der Waals surface area contributed by atoms with Crippen molar-refractivity contribution in [2.24, 2.45) is 0 Å².